The van der Waals surface area contributed by atoms with Crippen LogP contribution in [0.15, 0.2) is 48.5 Å². The summed E-state index contributed by atoms with van der Waals surface area (Å²) in [4.78, 5) is 12.2. The predicted molar refractivity (Wildman–Crippen MR) is 95.4 cm³/mol. The highest BCUT2D eigenvalue weighted by Gasteiger charge is 2.11. The van der Waals surface area contributed by atoms with Gasteiger partial charge in [-0.2, -0.15) is 0 Å². The van der Waals surface area contributed by atoms with E-state index in [9.17, 15) is 4.79 Å². The van der Waals surface area contributed by atoms with Gasteiger partial charge < -0.3 is 15.4 Å². The molecule has 23 heavy (non-hydrogen) atoms. The molecule has 2 amide bonds. The summed E-state index contributed by atoms with van der Waals surface area (Å²) in [6.07, 6.45) is 1.03. The first-order valence-corrected chi connectivity index (χ1v) is 8.03. The summed E-state index contributed by atoms with van der Waals surface area (Å²) < 4.78 is 5.39. The lowest BCUT2D eigenvalue weighted by Crippen LogP contribution is -2.20. The van der Waals surface area contributed by atoms with E-state index >= 15 is 0 Å². The van der Waals surface area contributed by atoms with Crippen molar-refractivity contribution < 1.29 is 9.53 Å². The Hall–Kier alpha value is -2.49. The number of hydrogen-bond donors (Lipinski definition) is 2. The Kier molecular flexibility index (Phi) is 6.03. The Morgan fingerprint density at radius 3 is 2.39 bits per heavy atom. The first-order chi connectivity index (χ1) is 11.1. The van der Waals surface area contributed by atoms with Crippen LogP contribution in [0.4, 0.5) is 16.2 Å². The summed E-state index contributed by atoms with van der Waals surface area (Å²) in [5.41, 5.74) is 2.73. The second-order valence-corrected chi connectivity index (χ2v) is 5.43. The molecule has 4 heteroatoms. The zero-order valence-corrected chi connectivity index (χ0v) is 13.9. The van der Waals surface area contributed by atoms with Gasteiger partial charge in [0.25, 0.3) is 0 Å². The maximum absolute atomic E-state index is 12.2. The van der Waals surface area contributed by atoms with E-state index in [1.807, 2.05) is 49.4 Å². The lowest BCUT2D eigenvalue weighted by atomic mass is 9.97. The molecule has 1 atom stereocenters. The van der Waals surface area contributed by atoms with Crippen LogP contribution >= 0.6 is 0 Å². The molecule has 0 fully saturated rings. The van der Waals surface area contributed by atoms with Crippen molar-refractivity contribution in [1.82, 2.24) is 0 Å². The van der Waals surface area contributed by atoms with Crippen LogP contribution in [0.25, 0.3) is 0 Å². The molecule has 122 valence electrons. The van der Waals surface area contributed by atoms with Crippen LogP contribution in [0, 0.1) is 0 Å². The van der Waals surface area contributed by atoms with Gasteiger partial charge in [-0.05, 0) is 55.2 Å². The van der Waals surface area contributed by atoms with Gasteiger partial charge in [0.15, 0.2) is 0 Å². The Bertz CT molecular complexity index is 638. The van der Waals surface area contributed by atoms with Crippen LogP contribution in [-0.2, 0) is 0 Å². The quantitative estimate of drug-likeness (QED) is 0.766. The summed E-state index contributed by atoms with van der Waals surface area (Å²) in [6.45, 7) is 6.86. The molecule has 0 aliphatic rings. The zero-order valence-electron chi connectivity index (χ0n) is 13.9. The molecule has 0 unspecified atom stereocenters. The average molecular weight is 312 g/mol. The number of carbonyl (C=O) groups is 1. The van der Waals surface area contributed by atoms with Crippen molar-refractivity contribution in [3.63, 3.8) is 0 Å². The number of benzene rings is 2. The molecule has 0 radical (unpaired) electrons. The first-order valence-electron chi connectivity index (χ1n) is 8.03. The Balaban J connectivity index is 2.02. The number of anilines is 2. The minimum atomic E-state index is -0.245. The molecule has 2 aromatic carbocycles. The molecule has 2 N–H and O–H groups in total. The van der Waals surface area contributed by atoms with Crippen molar-refractivity contribution in [3.8, 4) is 5.75 Å². The van der Waals surface area contributed by atoms with Crippen LogP contribution in [0.3, 0.4) is 0 Å². The Labute approximate surface area is 137 Å². The van der Waals surface area contributed by atoms with Crippen LogP contribution in [0.2, 0.25) is 0 Å². The molecule has 4 nitrogen and oxygen atoms in total. The highest BCUT2D eigenvalue weighted by molar-refractivity contribution is 6.00. The van der Waals surface area contributed by atoms with Gasteiger partial charge in [-0.25, -0.2) is 4.79 Å². The van der Waals surface area contributed by atoms with Crippen LogP contribution in [-0.4, -0.2) is 12.6 Å². The number of carbonyl (C=O) groups excluding carboxylic acids is 1. The molecule has 0 aliphatic carbocycles. The highest BCUT2D eigenvalue weighted by atomic mass is 16.5. The van der Waals surface area contributed by atoms with Crippen molar-refractivity contribution >= 4 is 17.4 Å². The van der Waals surface area contributed by atoms with Gasteiger partial charge in [-0.3, -0.25) is 0 Å². The summed E-state index contributed by atoms with van der Waals surface area (Å²) in [5, 5.41) is 5.77. The van der Waals surface area contributed by atoms with E-state index in [0.717, 1.165) is 29.1 Å². The van der Waals surface area contributed by atoms with E-state index in [4.69, 9.17) is 4.74 Å². The second kappa shape index (κ2) is 8.22. The lowest BCUT2D eigenvalue weighted by Gasteiger charge is -2.16. The van der Waals surface area contributed by atoms with Gasteiger partial charge in [0.2, 0.25) is 0 Å². The molecule has 2 aromatic rings. The largest absolute Gasteiger partial charge is 0.494 e. The summed E-state index contributed by atoms with van der Waals surface area (Å²) in [7, 11) is 0. The fourth-order valence-corrected chi connectivity index (χ4v) is 2.35. The van der Waals surface area contributed by atoms with Crippen LogP contribution < -0.4 is 15.4 Å². The fraction of sp³-hybridized carbons (Fsp3) is 0.316. The molecular formula is C19H24N2O2. The number of para-hydroxylation sites is 1. The van der Waals surface area contributed by atoms with E-state index < -0.39 is 0 Å². The first kappa shape index (κ1) is 16.9. The van der Waals surface area contributed by atoms with Crippen molar-refractivity contribution in [3.05, 3.63) is 54.1 Å². The maximum atomic E-state index is 12.2. The van der Waals surface area contributed by atoms with Gasteiger partial charge in [-0.15, -0.1) is 0 Å². The summed E-state index contributed by atoms with van der Waals surface area (Å²) in [5.74, 6) is 1.19. The number of amides is 2. The molecule has 0 heterocycles. The maximum Gasteiger partial charge on any atom is 0.323 e. The van der Waals surface area contributed by atoms with E-state index in [1.165, 1.54) is 0 Å². The lowest BCUT2D eigenvalue weighted by molar-refractivity contribution is 0.262. The minimum absolute atomic E-state index is 0.245. The van der Waals surface area contributed by atoms with E-state index in [0.29, 0.717) is 12.5 Å². The number of rotatable bonds is 6. The molecule has 2 rings (SSSR count). The van der Waals surface area contributed by atoms with Crippen molar-refractivity contribution in [2.45, 2.75) is 33.1 Å². The third-order valence-corrected chi connectivity index (χ3v) is 3.78. The minimum Gasteiger partial charge on any atom is -0.494 e. The number of nitrogens with one attached hydrogen (secondary N) is 2. The second-order valence-electron chi connectivity index (χ2n) is 5.43. The molecule has 0 saturated heterocycles. The van der Waals surface area contributed by atoms with E-state index in [-0.39, 0.29) is 6.03 Å². The van der Waals surface area contributed by atoms with Gasteiger partial charge >= 0.3 is 6.03 Å². The monoisotopic (exact) mass is 312 g/mol. The standard InChI is InChI=1S/C19H24N2O2/c1-4-14(3)17-8-6-7-9-18(17)21-19(22)20-15-10-12-16(13-11-15)23-5-2/h6-14H,4-5H2,1-3H3,(H2,20,21,22)/t14-/m0/s1. The number of urea groups is 1. The Morgan fingerprint density at radius 1 is 1.04 bits per heavy atom. The van der Waals surface area contributed by atoms with Gasteiger partial charge in [0.1, 0.15) is 5.75 Å². The average Bonchev–Trinajstić information content (AvgIpc) is 2.56. The van der Waals surface area contributed by atoms with Crippen LogP contribution in [0.5, 0.6) is 5.75 Å². The molecule has 0 aliphatic heterocycles. The predicted octanol–water partition coefficient (Wildman–Crippen LogP) is 5.24. The van der Waals surface area contributed by atoms with E-state index in [2.05, 4.69) is 30.5 Å². The summed E-state index contributed by atoms with van der Waals surface area (Å²) >= 11 is 0. The fourth-order valence-electron chi connectivity index (χ4n) is 2.35. The smallest absolute Gasteiger partial charge is 0.323 e. The Morgan fingerprint density at radius 2 is 1.74 bits per heavy atom. The van der Waals surface area contributed by atoms with Gasteiger partial charge in [0, 0.05) is 11.4 Å². The number of ether oxygens (including phenoxy) is 1. The SMILES string of the molecule is CCOc1ccc(NC(=O)Nc2ccccc2[C@@H](C)CC)cc1. The number of hydrogen-bond acceptors (Lipinski definition) is 2. The van der Waals surface area contributed by atoms with Crippen molar-refractivity contribution in [2.75, 3.05) is 17.2 Å². The topological polar surface area (TPSA) is 50.4 Å². The molecule has 0 bridgehead atoms. The zero-order chi connectivity index (χ0) is 16.7. The van der Waals surface area contributed by atoms with E-state index in [1.54, 1.807) is 0 Å². The molecule has 0 saturated carbocycles. The molecule has 0 spiro atoms. The highest BCUT2D eigenvalue weighted by Crippen LogP contribution is 2.26. The third kappa shape index (κ3) is 4.74. The molecular weight excluding hydrogens is 288 g/mol. The van der Waals surface area contributed by atoms with Crippen LogP contribution in [0.1, 0.15) is 38.7 Å². The molecule has 0 aromatic heterocycles. The van der Waals surface area contributed by atoms with Crippen molar-refractivity contribution in [2.24, 2.45) is 0 Å². The van der Waals surface area contributed by atoms with Gasteiger partial charge in [0.05, 0.1) is 6.61 Å². The third-order valence-electron chi connectivity index (χ3n) is 3.78. The van der Waals surface area contributed by atoms with Gasteiger partial charge in [-0.1, -0.05) is 32.0 Å². The normalized spacial score (nSPS) is 11.6. The summed E-state index contributed by atoms with van der Waals surface area (Å²) in [6, 6.07) is 15.0. The van der Waals surface area contributed by atoms with Crippen molar-refractivity contribution in [1.29, 1.82) is 0 Å².